The standard InChI is InChI=1S/C12H21N3S/c1-10-9-16-12(15-10)8-13-6-7-14-11-4-2-3-5-11/h9,11,13-14H,2-8H2,1H3. The maximum absolute atomic E-state index is 4.42. The summed E-state index contributed by atoms with van der Waals surface area (Å²) in [4.78, 5) is 4.42. The lowest BCUT2D eigenvalue weighted by Crippen LogP contribution is -2.33. The molecule has 3 nitrogen and oxygen atoms in total. The van der Waals surface area contributed by atoms with Gasteiger partial charge < -0.3 is 10.6 Å². The van der Waals surface area contributed by atoms with Crippen molar-refractivity contribution in [2.75, 3.05) is 13.1 Å². The van der Waals surface area contributed by atoms with Crippen molar-refractivity contribution < 1.29 is 0 Å². The van der Waals surface area contributed by atoms with E-state index in [9.17, 15) is 0 Å². The number of nitrogens with one attached hydrogen (secondary N) is 2. The first-order chi connectivity index (χ1) is 7.84. The van der Waals surface area contributed by atoms with E-state index < -0.39 is 0 Å². The maximum atomic E-state index is 4.42. The molecule has 16 heavy (non-hydrogen) atoms. The lowest BCUT2D eigenvalue weighted by molar-refractivity contribution is 0.509. The molecule has 0 spiro atoms. The fourth-order valence-corrected chi connectivity index (χ4v) is 2.92. The summed E-state index contributed by atoms with van der Waals surface area (Å²) in [5, 5.41) is 10.3. The van der Waals surface area contributed by atoms with Gasteiger partial charge in [-0.05, 0) is 19.8 Å². The van der Waals surface area contributed by atoms with Crippen LogP contribution >= 0.6 is 11.3 Å². The summed E-state index contributed by atoms with van der Waals surface area (Å²) in [6.07, 6.45) is 5.55. The van der Waals surface area contributed by atoms with E-state index in [4.69, 9.17) is 0 Å². The van der Waals surface area contributed by atoms with Gasteiger partial charge in [0.05, 0.1) is 0 Å². The molecule has 1 aliphatic rings. The zero-order valence-corrected chi connectivity index (χ0v) is 10.8. The van der Waals surface area contributed by atoms with Gasteiger partial charge in [0.25, 0.3) is 0 Å². The third-order valence-corrected chi connectivity index (χ3v) is 4.00. The van der Waals surface area contributed by atoms with Gasteiger partial charge in [-0.15, -0.1) is 11.3 Å². The second-order valence-corrected chi connectivity index (χ2v) is 5.44. The molecular formula is C12H21N3S. The minimum Gasteiger partial charge on any atom is -0.313 e. The second-order valence-electron chi connectivity index (χ2n) is 4.49. The summed E-state index contributed by atoms with van der Waals surface area (Å²) >= 11 is 1.74. The third kappa shape index (κ3) is 3.85. The van der Waals surface area contributed by atoms with Crippen molar-refractivity contribution in [1.29, 1.82) is 0 Å². The smallest absolute Gasteiger partial charge is 0.107 e. The molecule has 0 aromatic carbocycles. The molecule has 2 rings (SSSR count). The molecule has 4 heteroatoms. The van der Waals surface area contributed by atoms with Crippen LogP contribution in [0.3, 0.4) is 0 Å². The molecule has 1 saturated carbocycles. The summed E-state index contributed by atoms with van der Waals surface area (Å²) in [5.41, 5.74) is 1.13. The van der Waals surface area contributed by atoms with E-state index in [1.54, 1.807) is 11.3 Å². The van der Waals surface area contributed by atoms with Crippen molar-refractivity contribution >= 4 is 11.3 Å². The lowest BCUT2D eigenvalue weighted by Gasteiger charge is -2.11. The van der Waals surface area contributed by atoms with Gasteiger partial charge in [0.2, 0.25) is 0 Å². The van der Waals surface area contributed by atoms with E-state index in [1.165, 1.54) is 30.7 Å². The Balaban J connectivity index is 1.51. The Morgan fingerprint density at radius 1 is 1.38 bits per heavy atom. The molecule has 0 atom stereocenters. The molecular weight excluding hydrogens is 218 g/mol. The number of aromatic nitrogens is 1. The molecule has 0 saturated heterocycles. The average Bonchev–Trinajstić information content (AvgIpc) is 2.89. The van der Waals surface area contributed by atoms with Crippen LogP contribution in [0.5, 0.6) is 0 Å². The SMILES string of the molecule is Cc1csc(CNCCNC2CCCC2)n1. The number of rotatable bonds is 6. The van der Waals surface area contributed by atoms with Gasteiger partial charge in [-0.25, -0.2) is 4.98 Å². The van der Waals surface area contributed by atoms with Gasteiger partial charge in [0.1, 0.15) is 5.01 Å². The topological polar surface area (TPSA) is 37.0 Å². The number of hydrogen-bond acceptors (Lipinski definition) is 4. The number of aryl methyl sites for hydroxylation is 1. The van der Waals surface area contributed by atoms with Crippen molar-refractivity contribution in [3.05, 3.63) is 16.1 Å². The van der Waals surface area contributed by atoms with E-state index in [0.29, 0.717) is 0 Å². The van der Waals surface area contributed by atoms with Crippen LogP contribution in [0.15, 0.2) is 5.38 Å². The van der Waals surface area contributed by atoms with Crippen LogP contribution in [0.25, 0.3) is 0 Å². The van der Waals surface area contributed by atoms with E-state index in [1.807, 2.05) is 6.92 Å². The largest absolute Gasteiger partial charge is 0.313 e. The van der Waals surface area contributed by atoms with Gasteiger partial charge in [-0.3, -0.25) is 0 Å². The van der Waals surface area contributed by atoms with E-state index in [0.717, 1.165) is 31.4 Å². The Hall–Kier alpha value is -0.450. The first-order valence-corrected chi connectivity index (χ1v) is 7.07. The van der Waals surface area contributed by atoms with Gasteiger partial charge >= 0.3 is 0 Å². The summed E-state index contributed by atoms with van der Waals surface area (Å²) in [5.74, 6) is 0. The van der Waals surface area contributed by atoms with Gasteiger partial charge in [-0.2, -0.15) is 0 Å². The molecule has 0 bridgehead atoms. The highest BCUT2D eigenvalue weighted by Crippen LogP contribution is 2.17. The highest BCUT2D eigenvalue weighted by atomic mass is 32.1. The van der Waals surface area contributed by atoms with Gasteiger partial charge in [0.15, 0.2) is 0 Å². The van der Waals surface area contributed by atoms with Crippen LogP contribution in [0.4, 0.5) is 0 Å². The van der Waals surface area contributed by atoms with Crippen molar-refractivity contribution in [2.45, 2.75) is 45.2 Å². The highest BCUT2D eigenvalue weighted by molar-refractivity contribution is 7.09. The summed E-state index contributed by atoms with van der Waals surface area (Å²) in [6.45, 7) is 5.07. The molecule has 0 radical (unpaired) electrons. The molecule has 0 amide bonds. The summed E-state index contributed by atoms with van der Waals surface area (Å²) in [6, 6.07) is 0.781. The number of nitrogens with zero attached hydrogens (tertiary/aromatic N) is 1. The predicted molar refractivity (Wildman–Crippen MR) is 68.8 cm³/mol. The van der Waals surface area contributed by atoms with Crippen LogP contribution in [0, 0.1) is 6.92 Å². The second kappa shape index (κ2) is 6.33. The first kappa shape index (κ1) is 12.0. The van der Waals surface area contributed by atoms with Crippen LogP contribution in [-0.4, -0.2) is 24.1 Å². The first-order valence-electron chi connectivity index (χ1n) is 6.20. The summed E-state index contributed by atoms with van der Waals surface area (Å²) < 4.78 is 0. The van der Waals surface area contributed by atoms with Crippen molar-refractivity contribution in [1.82, 2.24) is 15.6 Å². The minimum atomic E-state index is 0.781. The zero-order valence-electron chi connectivity index (χ0n) is 9.96. The Bertz CT molecular complexity index is 305. The highest BCUT2D eigenvalue weighted by Gasteiger charge is 2.12. The summed E-state index contributed by atoms with van der Waals surface area (Å²) in [7, 11) is 0. The molecule has 1 aliphatic carbocycles. The fraction of sp³-hybridized carbons (Fsp3) is 0.750. The monoisotopic (exact) mass is 239 g/mol. The predicted octanol–water partition coefficient (Wildman–Crippen LogP) is 2.07. The molecule has 90 valence electrons. The van der Waals surface area contributed by atoms with Crippen molar-refractivity contribution in [3.63, 3.8) is 0 Å². The molecule has 1 heterocycles. The molecule has 1 aromatic rings. The Kier molecular flexibility index (Phi) is 4.75. The quantitative estimate of drug-likeness (QED) is 0.746. The minimum absolute atomic E-state index is 0.781. The molecule has 0 aliphatic heterocycles. The average molecular weight is 239 g/mol. The lowest BCUT2D eigenvalue weighted by atomic mass is 10.2. The molecule has 2 N–H and O–H groups in total. The van der Waals surface area contributed by atoms with Crippen LogP contribution in [0.2, 0.25) is 0 Å². The van der Waals surface area contributed by atoms with Gasteiger partial charge in [-0.1, -0.05) is 12.8 Å². The molecule has 1 aromatic heterocycles. The normalized spacial score (nSPS) is 17.1. The van der Waals surface area contributed by atoms with Crippen molar-refractivity contribution in [3.8, 4) is 0 Å². The van der Waals surface area contributed by atoms with Gasteiger partial charge in [0, 0.05) is 36.8 Å². The Labute approximate surface area is 102 Å². The van der Waals surface area contributed by atoms with Crippen LogP contribution < -0.4 is 10.6 Å². The molecule has 0 unspecified atom stereocenters. The van der Waals surface area contributed by atoms with E-state index in [-0.39, 0.29) is 0 Å². The Morgan fingerprint density at radius 3 is 2.88 bits per heavy atom. The van der Waals surface area contributed by atoms with Crippen LogP contribution in [0.1, 0.15) is 36.4 Å². The molecule has 1 fully saturated rings. The van der Waals surface area contributed by atoms with Crippen molar-refractivity contribution in [2.24, 2.45) is 0 Å². The Morgan fingerprint density at radius 2 is 2.19 bits per heavy atom. The maximum Gasteiger partial charge on any atom is 0.107 e. The zero-order chi connectivity index (χ0) is 11.2. The number of hydrogen-bond donors (Lipinski definition) is 2. The fourth-order valence-electron chi connectivity index (χ4n) is 2.17. The van der Waals surface area contributed by atoms with Crippen LogP contribution in [-0.2, 0) is 6.54 Å². The van der Waals surface area contributed by atoms with E-state index in [2.05, 4.69) is 21.0 Å². The number of thiazole rings is 1. The third-order valence-electron chi connectivity index (χ3n) is 3.03. The van der Waals surface area contributed by atoms with E-state index >= 15 is 0 Å².